The molecule has 0 radical (unpaired) electrons. The quantitative estimate of drug-likeness (QED) is 0.489. The highest BCUT2D eigenvalue weighted by Crippen LogP contribution is 2.14. The Hall–Kier alpha value is -0.910. The highest BCUT2D eigenvalue weighted by atomic mass is 35.5. The molecule has 0 spiro atoms. The fraction of sp³-hybridized carbons (Fsp3) is 0.692. The largest absolute Gasteiger partial charge is 0.477 e. The van der Waals surface area contributed by atoms with Crippen LogP contribution in [0.2, 0.25) is 5.15 Å². The molecule has 0 aliphatic rings. The summed E-state index contributed by atoms with van der Waals surface area (Å²) in [5.41, 5.74) is 0. The molecule has 1 aromatic heterocycles. The van der Waals surface area contributed by atoms with E-state index in [1.807, 2.05) is 0 Å². The molecule has 1 rings (SSSR count). The fourth-order valence-corrected chi connectivity index (χ4v) is 1.62. The van der Waals surface area contributed by atoms with E-state index >= 15 is 0 Å². The monoisotopic (exact) mass is 288 g/mol. The maximum atomic E-state index is 5.91. The van der Waals surface area contributed by atoms with Gasteiger partial charge in [0.15, 0.2) is 0 Å². The van der Waals surface area contributed by atoms with Crippen LogP contribution in [0.25, 0.3) is 0 Å². The summed E-state index contributed by atoms with van der Waals surface area (Å²) in [5.74, 6) is 1.25. The van der Waals surface area contributed by atoms with Crippen molar-refractivity contribution >= 4 is 11.6 Å². The molecule has 0 atom stereocenters. The van der Waals surface area contributed by atoms with E-state index in [-0.39, 0.29) is 0 Å². The summed E-state index contributed by atoms with van der Waals surface area (Å²) in [4.78, 5) is 8.43. The SMILES string of the molecule is CCCc1nc(Cl)cc(OCCCOCCOC)n1. The molecule has 1 aromatic rings. The first-order valence-corrected chi connectivity index (χ1v) is 6.87. The molecule has 0 saturated carbocycles. The first-order chi connectivity index (χ1) is 9.26. The number of methoxy groups -OCH3 is 1. The Morgan fingerprint density at radius 2 is 2.00 bits per heavy atom. The van der Waals surface area contributed by atoms with Crippen molar-refractivity contribution in [2.75, 3.05) is 33.5 Å². The fourth-order valence-electron chi connectivity index (χ4n) is 1.43. The highest BCUT2D eigenvalue weighted by Gasteiger charge is 2.03. The summed E-state index contributed by atoms with van der Waals surface area (Å²) in [5, 5.41) is 0.421. The Bertz CT molecular complexity index is 364. The van der Waals surface area contributed by atoms with E-state index in [0.717, 1.165) is 25.1 Å². The molecule has 1 heterocycles. The van der Waals surface area contributed by atoms with Gasteiger partial charge in [-0.05, 0) is 6.42 Å². The number of nitrogens with zero attached hydrogens (tertiary/aromatic N) is 2. The minimum Gasteiger partial charge on any atom is -0.477 e. The number of aryl methyl sites for hydroxylation is 1. The second-order valence-corrected chi connectivity index (χ2v) is 4.39. The zero-order chi connectivity index (χ0) is 13.9. The Balaban J connectivity index is 2.25. The predicted octanol–water partition coefficient (Wildman–Crippen LogP) is 2.51. The average Bonchev–Trinajstić information content (AvgIpc) is 2.37. The van der Waals surface area contributed by atoms with Gasteiger partial charge in [0.25, 0.3) is 0 Å². The second-order valence-electron chi connectivity index (χ2n) is 4.00. The van der Waals surface area contributed by atoms with E-state index in [0.29, 0.717) is 37.5 Å². The second kappa shape index (κ2) is 9.95. The summed E-state index contributed by atoms with van der Waals surface area (Å²) < 4.78 is 15.7. The van der Waals surface area contributed by atoms with Gasteiger partial charge < -0.3 is 14.2 Å². The zero-order valence-electron chi connectivity index (χ0n) is 11.5. The van der Waals surface area contributed by atoms with Crippen molar-refractivity contribution in [3.05, 3.63) is 17.0 Å². The molecule has 0 aliphatic heterocycles. The van der Waals surface area contributed by atoms with Crippen molar-refractivity contribution in [2.45, 2.75) is 26.2 Å². The van der Waals surface area contributed by atoms with Gasteiger partial charge in [-0.25, -0.2) is 4.98 Å². The normalized spacial score (nSPS) is 10.7. The molecule has 19 heavy (non-hydrogen) atoms. The molecule has 108 valence electrons. The Labute approximate surface area is 119 Å². The molecule has 0 fully saturated rings. The van der Waals surface area contributed by atoms with E-state index in [1.165, 1.54) is 0 Å². The van der Waals surface area contributed by atoms with Crippen molar-refractivity contribution in [3.8, 4) is 5.88 Å². The third kappa shape index (κ3) is 7.30. The summed E-state index contributed by atoms with van der Waals surface area (Å²) in [6.45, 7) is 4.48. The van der Waals surface area contributed by atoms with Gasteiger partial charge in [-0.15, -0.1) is 0 Å². The Morgan fingerprint density at radius 1 is 1.16 bits per heavy atom. The van der Waals surface area contributed by atoms with Crippen LogP contribution >= 0.6 is 11.6 Å². The first-order valence-electron chi connectivity index (χ1n) is 6.49. The van der Waals surface area contributed by atoms with Gasteiger partial charge in [0, 0.05) is 32.6 Å². The van der Waals surface area contributed by atoms with E-state index in [4.69, 9.17) is 25.8 Å². The van der Waals surface area contributed by atoms with Crippen molar-refractivity contribution < 1.29 is 14.2 Å². The highest BCUT2D eigenvalue weighted by molar-refractivity contribution is 6.29. The lowest BCUT2D eigenvalue weighted by Gasteiger charge is -2.07. The lowest BCUT2D eigenvalue weighted by Crippen LogP contribution is -2.08. The summed E-state index contributed by atoms with van der Waals surface area (Å²) in [6, 6.07) is 1.63. The lowest BCUT2D eigenvalue weighted by atomic mass is 10.3. The first kappa shape index (κ1) is 16.1. The van der Waals surface area contributed by atoms with E-state index in [1.54, 1.807) is 13.2 Å². The molecule has 5 nitrogen and oxygen atoms in total. The third-order valence-electron chi connectivity index (χ3n) is 2.31. The zero-order valence-corrected chi connectivity index (χ0v) is 12.3. The van der Waals surface area contributed by atoms with Gasteiger partial charge in [-0.2, -0.15) is 4.98 Å². The van der Waals surface area contributed by atoms with Crippen LogP contribution in [0.4, 0.5) is 0 Å². The number of rotatable bonds is 10. The number of ether oxygens (including phenoxy) is 3. The molecule has 0 amide bonds. The van der Waals surface area contributed by atoms with Crippen LogP contribution in [-0.2, 0) is 15.9 Å². The maximum absolute atomic E-state index is 5.91. The number of aromatic nitrogens is 2. The van der Waals surface area contributed by atoms with Crippen LogP contribution in [0.1, 0.15) is 25.6 Å². The summed E-state index contributed by atoms with van der Waals surface area (Å²) in [7, 11) is 1.65. The number of hydrogen-bond acceptors (Lipinski definition) is 5. The minimum absolute atomic E-state index is 0.421. The van der Waals surface area contributed by atoms with Crippen LogP contribution < -0.4 is 4.74 Å². The summed E-state index contributed by atoms with van der Waals surface area (Å²) in [6.07, 6.45) is 2.58. The van der Waals surface area contributed by atoms with Gasteiger partial charge in [0.05, 0.1) is 19.8 Å². The van der Waals surface area contributed by atoms with Crippen LogP contribution in [0, 0.1) is 0 Å². The molecule has 6 heteroatoms. The lowest BCUT2D eigenvalue weighted by molar-refractivity contribution is 0.0642. The molecule has 0 saturated heterocycles. The van der Waals surface area contributed by atoms with Crippen molar-refractivity contribution in [1.29, 1.82) is 0 Å². The molecule has 0 bridgehead atoms. The van der Waals surface area contributed by atoms with Gasteiger partial charge >= 0.3 is 0 Å². The topological polar surface area (TPSA) is 53.5 Å². The van der Waals surface area contributed by atoms with Gasteiger partial charge in [0.2, 0.25) is 5.88 Å². The molecular weight excluding hydrogens is 268 g/mol. The van der Waals surface area contributed by atoms with Crippen molar-refractivity contribution in [2.24, 2.45) is 0 Å². The smallest absolute Gasteiger partial charge is 0.218 e. The van der Waals surface area contributed by atoms with Crippen LogP contribution in [0.3, 0.4) is 0 Å². The van der Waals surface area contributed by atoms with Gasteiger partial charge in [-0.1, -0.05) is 18.5 Å². The minimum atomic E-state index is 0.421. The summed E-state index contributed by atoms with van der Waals surface area (Å²) >= 11 is 5.91. The molecular formula is C13H21ClN2O3. The van der Waals surface area contributed by atoms with Crippen LogP contribution in [-0.4, -0.2) is 43.5 Å². The van der Waals surface area contributed by atoms with Crippen LogP contribution in [0.15, 0.2) is 6.07 Å². The predicted molar refractivity (Wildman–Crippen MR) is 73.8 cm³/mol. The molecule has 0 aliphatic carbocycles. The number of halogens is 1. The van der Waals surface area contributed by atoms with E-state index in [9.17, 15) is 0 Å². The van der Waals surface area contributed by atoms with Crippen molar-refractivity contribution in [3.63, 3.8) is 0 Å². The standard InChI is InChI=1S/C13H21ClN2O3/c1-3-5-12-15-11(14)10-13(16-12)19-7-4-6-18-9-8-17-2/h10H,3-9H2,1-2H3. The average molecular weight is 289 g/mol. The van der Waals surface area contributed by atoms with Gasteiger partial charge in [0.1, 0.15) is 11.0 Å². The Morgan fingerprint density at radius 3 is 2.74 bits per heavy atom. The Kier molecular flexibility index (Phi) is 8.45. The maximum Gasteiger partial charge on any atom is 0.218 e. The van der Waals surface area contributed by atoms with Crippen LogP contribution in [0.5, 0.6) is 5.88 Å². The molecule has 0 aromatic carbocycles. The molecule has 0 N–H and O–H groups in total. The third-order valence-corrected chi connectivity index (χ3v) is 2.50. The van der Waals surface area contributed by atoms with Gasteiger partial charge in [-0.3, -0.25) is 0 Å². The van der Waals surface area contributed by atoms with Crippen molar-refractivity contribution in [1.82, 2.24) is 9.97 Å². The van der Waals surface area contributed by atoms with E-state index < -0.39 is 0 Å². The van der Waals surface area contributed by atoms with E-state index in [2.05, 4.69) is 16.9 Å². The number of hydrogen-bond donors (Lipinski definition) is 0. The molecule has 0 unspecified atom stereocenters.